The third-order valence-corrected chi connectivity index (χ3v) is 12.0. The minimum atomic E-state index is -4.40. The molecule has 16 heteroatoms. The van der Waals surface area contributed by atoms with Crippen molar-refractivity contribution in [3.05, 3.63) is 109 Å². The van der Waals surface area contributed by atoms with Crippen molar-refractivity contribution in [2.75, 3.05) is 36.0 Å². The number of hydrogen-bond donors (Lipinski definition) is 3. The smallest absolute Gasteiger partial charge is 0.282 e. The molecule has 3 aromatic rings. The normalized spacial score (nSPS) is 16.6. The van der Waals surface area contributed by atoms with Gasteiger partial charge in [0, 0.05) is 39.4 Å². The maximum absolute atomic E-state index is 14.5. The molecule has 290 valence electrons. The Hall–Kier alpha value is -4.64. The van der Waals surface area contributed by atoms with Gasteiger partial charge in [0.1, 0.15) is 5.25 Å². The minimum absolute atomic E-state index is 0.145. The molecular formula is C38H47N5O8S3. The van der Waals surface area contributed by atoms with E-state index in [4.69, 9.17) is 17.0 Å². The lowest BCUT2D eigenvalue weighted by Crippen LogP contribution is -2.39. The Labute approximate surface area is 321 Å². The number of fused-ring (bicyclic) bond motifs is 2. The van der Waals surface area contributed by atoms with Gasteiger partial charge in [-0.2, -0.15) is 8.42 Å². The number of para-hydroxylation sites is 2. The molecule has 54 heavy (non-hydrogen) atoms. The first-order valence-corrected chi connectivity index (χ1v) is 21.4. The molecule has 0 spiro atoms. The summed E-state index contributed by atoms with van der Waals surface area (Å²) in [5.41, 5.74) is 0.582. The van der Waals surface area contributed by atoms with Crippen molar-refractivity contribution in [1.29, 1.82) is 0 Å². The number of unbranched alkanes of at least 4 members (excludes halogenated alkanes) is 2. The zero-order valence-electron chi connectivity index (χ0n) is 30.8. The quantitative estimate of drug-likeness (QED) is 0.135. The summed E-state index contributed by atoms with van der Waals surface area (Å²) < 4.78 is 72.2. The number of sulfonamides is 1. The van der Waals surface area contributed by atoms with E-state index in [9.17, 15) is 31.3 Å². The Kier molecular flexibility index (Phi) is 12.9. The van der Waals surface area contributed by atoms with E-state index in [0.29, 0.717) is 54.0 Å². The molecule has 1 aliphatic carbocycles. The maximum atomic E-state index is 14.5. The Morgan fingerprint density at radius 2 is 1.59 bits per heavy atom. The van der Waals surface area contributed by atoms with Crippen molar-refractivity contribution < 1.29 is 31.2 Å². The van der Waals surface area contributed by atoms with Crippen LogP contribution in [0.4, 0.5) is 11.4 Å². The van der Waals surface area contributed by atoms with Crippen molar-refractivity contribution in [3.8, 4) is 11.6 Å². The van der Waals surface area contributed by atoms with E-state index in [1.54, 1.807) is 55.4 Å². The number of nitrogens with zero attached hydrogens (tertiary/aromatic N) is 4. The Morgan fingerprint density at radius 1 is 0.907 bits per heavy atom. The first-order chi connectivity index (χ1) is 25.7. The van der Waals surface area contributed by atoms with Crippen LogP contribution in [-0.2, 0) is 33.2 Å². The van der Waals surface area contributed by atoms with Crippen LogP contribution in [0.2, 0.25) is 0 Å². The van der Waals surface area contributed by atoms with E-state index >= 15 is 0 Å². The molecule has 0 saturated heterocycles. The molecule has 0 bridgehead atoms. The van der Waals surface area contributed by atoms with Gasteiger partial charge in [-0.15, -0.1) is 0 Å². The second-order valence-electron chi connectivity index (χ2n) is 13.2. The molecule has 2 heterocycles. The Morgan fingerprint density at radius 3 is 2.28 bits per heavy atom. The molecule has 0 saturated carbocycles. The third-order valence-electron chi connectivity index (χ3n) is 9.13. The summed E-state index contributed by atoms with van der Waals surface area (Å²) in [7, 11) is -5.02. The van der Waals surface area contributed by atoms with Gasteiger partial charge >= 0.3 is 0 Å². The van der Waals surface area contributed by atoms with Crippen LogP contribution >= 0.6 is 12.2 Å². The number of aromatic nitrogens is 2. The number of allylic oxidation sites excluding steroid dienone is 4. The number of benzene rings is 2. The number of rotatable bonds is 16. The van der Waals surface area contributed by atoms with Gasteiger partial charge in [0.25, 0.3) is 15.7 Å². The largest absolute Gasteiger partial charge is 0.493 e. The highest BCUT2D eigenvalue weighted by Gasteiger charge is 2.36. The summed E-state index contributed by atoms with van der Waals surface area (Å²) in [6.45, 7) is 4.87. The molecule has 2 aromatic carbocycles. The van der Waals surface area contributed by atoms with Crippen LogP contribution in [0.1, 0.15) is 56.8 Å². The summed E-state index contributed by atoms with van der Waals surface area (Å²) in [6, 6.07) is 12.7. The van der Waals surface area contributed by atoms with Crippen LogP contribution in [0.3, 0.4) is 0 Å². The molecule has 2 aliphatic rings. The average molecular weight is 798 g/mol. The van der Waals surface area contributed by atoms with Crippen LogP contribution in [0.15, 0.2) is 83.1 Å². The number of ether oxygens (including phenoxy) is 1. The fourth-order valence-electron chi connectivity index (χ4n) is 6.41. The van der Waals surface area contributed by atoms with Crippen LogP contribution in [0.5, 0.6) is 11.6 Å². The topological polar surface area (TPSA) is 163 Å². The molecular weight excluding hydrogens is 751 g/mol. The lowest BCUT2D eigenvalue weighted by molar-refractivity contribution is 0.391. The molecule has 5 rings (SSSR count). The fraction of sp³-hybridized carbons (Fsp3) is 0.368. The van der Waals surface area contributed by atoms with Gasteiger partial charge < -0.3 is 19.6 Å². The van der Waals surface area contributed by atoms with Crippen molar-refractivity contribution in [2.45, 2.75) is 64.3 Å². The summed E-state index contributed by atoms with van der Waals surface area (Å²) >= 11 is 5.58. The molecule has 1 aromatic heterocycles. The lowest BCUT2D eigenvalue weighted by Gasteiger charge is -2.29. The van der Waals surface area contributed by atoms with E-state index < -0.39 is 42.5 Å². The van der Waals surface area contributed by atoms with E-state index in [0.717, 1.165) is 23.7 Å². The monoisotopic (exact) mass is 797 g/mol. The summed E-state index contributed by atoms with van der Waals surface area (Å²) in [5.74, 6) is 0.200. The highest BCUT2D eigenvalue weighted by Crippen LogP contribution is 2.39. The summed E-state index contributed by atoms with van der Waals surface area (Å²) in [6.07, 6.45) is 13.8. The Balaban J connectivity index is 1.51. The predicted octanol–water partition coefficient (Wildman–Crippen LogP) is 4.76. The van der Waals surface area contributed by atoms with Gasteiger partial charge in [0.15, 0.2) is 16.2 Å². The molecule has 13 nitrogen and oxygen atoms in total. The molecule has 1 unspecified atom stereocenters. The first kappa shape index (κ1) is 40.5. The molecule has 3 N–H and O–H groups in total. The van der Waals surface area contributed by atoms with Crippen LogP contribution in [0, 0.1) is 4.77 Å². The van der Waals surface area contributed by atoms with Gasteiger partial charge in [-0.3, -0.25) is 23.2 Å². The van der Waals surface area contributed by atoms with E-state index in [1.807, 2.05) is 61.2 Å². The number of hydrogen-bond acceptors (Lipinski definition) is 10. The number of nitrogens with one attached hydrogen (secondary N) is 1. The van der Waals surface area contributed by atoms with Crippen LogP contribution in [-0.4, -0.2) is 66.9 Å². The third kappa shape index (κ3) is 9.00. The predicted molar refractivity (Wildman–Crippen MR) is 215 cm³/mol. The van der Waals surface area contributed by atoms with Gasteiger partial charge in [-0.1, -0.05) is 81.3 Å². The molecule has 1 atom stereocenters. The lowest BCUT2D eigenvalue weighted by atomic mass is 9.99. The molecule has 0 radical (unpaired) electrons. The van der Waals surface area contributed by atoms with Crippen molar-refractivity contribution in [2.24, 2.45) is 0 Å². The first-order valence-electron chi connectivity index (χ1n) is 17.8. The summed E-state index contributed by atoms with van der Waals surface area (Å²) in [4.78, 5) is 17.3. The van der Waals surface area contributed by atoms with E-state index in [2.05, 4.69) is 4.72 Å². The highest BCUT2D eigenvalue weighted by atomic mass is 32.2. The average Bonchev–Trinajstić information content (AvgIpc) is 3.47. The number of likely N-dealkylation sites (N-methyl/N-ethyl adjacent to an activating group) is 1. The van der Waals surface area contributed by atoms with Crippen LogP contribution < -0.4 is 30.4 Å². The second kappa shape index (κ2) is 17.2. The molecule has 0 fully saturated rings. The van der Waals surface area contributed by atoms with Gasteiger partial charge in [-0.25, -0.2) is 8.42 Å². The zero-order valence-corrected chi connectivity index (χ0v) is 33.3. The van der Waals surface area contributed by atoms with Gasteiger partial charge in [-0.05, 0) is 71.8 Å². The van der Waals surface area contributed by atoms with Crippen molar-refractivity contribution in [1.82, 2.24) is 14.0 Å². The minimum Gasteiger partial charge on any atom is -0.493 e. The van der Waals surface area contributed by atoms with Gasteiger partial charge in [0.05, 0.1) is 11.4 Å². The van der Waals surface area contributed by atoms with E-state index in [1.165, 1.54) is 9.13 Å². The second-order valence-corrected chi connectivity index (χ2v) is 16.9. The fourth-order valence-corrected chi connectivity index (χ4v) is 8.99. The maximum Gasteiger partial charge on any atom is 0.282 e. The number of aromatic hydroxyl groups is 1. The Bertz CT molecular complexity index is 2450. The van der Waals surface area contributed by atoms with Gasteiger partial charge in [0.2, 0.25) is 21.8 Å². The van der Waals surface area contributed by atoms with Crippen molar-refractivity contribution in [3.63, 3.8) is 0 Å². The van der Waals surface area contributed by atoms with Crippen molar-refractivity contribution >= 4 is 55.9 Å². The van der Waals surface area contributed by atoms with Crippen LogP contribution in [0.25, 0.3) is 12.2 Å². The highest BCUT2D eigenvalue weighted by molar-refractivity contribution is 7.93. The number of anilines is 2. The SMILES string of the molecule is CCCCn1c(O)c(NS(=O)(=O)C2C(N(C)C)=CC=c3c2cccc3=CC=CC=C2Oc3ccccc3N2CCCS(=O)(=O)O)c(=O)n(CCCC)c1=S. The standard InChI is InChI=1S/C38H47N5O8S3/c1-5-7-23-42-36(44)34(37(45)43(38(42)52)24-8-6-2)39-54(49,50)35-29-17-13-16-27(28(29)21-22-31(35)40(3)4)15-9-12-20-33-41(25-14-26-53(46,47)48)30-18-10-11-19-32(30)51-33/h9-13,15-22,35,39,44H,5-8,14,23-26H2,1-4H3,(H,46,47,48). The summed E-state index contributed by atoms with van der Waals surface area (Å²) in [5, 5.41) is 11.5. The molecule has 0 amide bonds. The molecule has 1 aliphatic heterocycles. The zero-order chi connectivity index (χ0) is 39.2. The van der Waals surface area contributed by atoms with E-state index in [-0.39, 0.29) is 23.5 Å².